The molecule has 0 aliphatic carbocycles. The molecule has 2 aromatic rings. The van der Waals surface area contributed by atoms with E-state index in [1.54, 1.807) is 30.3 Å². The van der Waals surface area contributed by atoms with E-state index < -0.39 is 17.7 Å². The fourth-order valence-electron chi connectivity index (χ4n) is 2.31. The molecule has 2 aromatic carbocycles. The summed E-state index contributed by atoms with van der Waals surface area (Å²) in [5.41, 5.74) is 5.10. The van der Waals surface area contributed by atoms with Crippen LogP contribution in [-0.2, 0) is 4.79 Å². The van der Waals surface area contributed by atoms with Gasteiger partial charge in [-0.05, 0) is 24.3 Å². The van der Waals surface area contributed by atoms with Crippen LogP contribution in [0.3, 0.4) is 0 Å². The lowest BCUT2D eigenvalue weighted by Gasteiger charge is -2.14. The zero-order chi connectivity index (χ0) is 20.5. The van der Waals surface area contributed by atoms with Gasteiger partial charge in [0.15, 0.2) is 11.5 Å². The van der Waals surface area contributed by atoms with Crippen LogP contribution in [0.4, 0.5) is 0 Å². The molecule has 0 atom stereocenters. The van der Waals surface area contributed by atoms with Gasteiger partial charge in [-0.25, -0.2) is 0 Å². The van der Waals surface area contributed by atoms with Crippen molar-refractivity contribution in [1.29, 1.82) is 0 Å². The van der Waals surface area contributed by atoms with Crippen molar-refractivity contribution >= 4 is 17.7 Å². The molecule has 9 heteroatoms. The van der Waals surface area contributed by atoms with Crippen molar-refractivity contribution in [3.63, 3.8) is 0 Å². The summed E-state index contributed by atoms with van der Waals surface area (Å²) in [6.45, 7) is -0.302. The van der Waals surface area contributed by atoms with E-state index in [0.717, 1.165) is 0 Å². The quantitative estimate of drug-likeness (QED) is 0.608. The fourth-order valence-corrected chi connectivity index (χ4v) is 2.31. The lowest BCUT2D eigenvalue weighted by molar-refractivity contribution is -0.120. The smallest absolute Gasteiger partial charge is 0.269 e. The van der Waals surface area contributed by atoms with Crippen molar-refractivity contribution in [2.75, 3.05) is 27.9 Å². The standard InChI is InChI=1S/C19H21N3O6/c1-26-14-9-13(10-15(27-2)17(14)28-3)19(25)22-21-16(23)11-20-18(24)12-7-5-4-6-8-12/h4-10H,11H2,1-3H3,(H,20,24)(H,21,23)(H,22,25). The van der Waals surface area contributed by atoms with Gasteiger partial charge in [0.25, 0.3) is 17.7 Å². The van der Waals surface area contributed by atoms with Gasteiger partial charge in [-0.15, -0.1) is 0 Å². The van der Waals surface area contributed by atoms with E-state index in [0.29, 0.717) is 22.8 Å². The second-order valence-corrected chi connectivity index (χ2v) is 5.47. The Morgan fingerprint density at radius 2 is 1.39 bits per heavy atom. The lowest BCUT2D eigenvalue weighted by atomic mass is 10.1. The van der Waals surface area contributed by atoms with E-state index in [1.165, 1.54) is 33.5 Å². The monoisotopic (exact) mass is 387 g/mol. The summed E-state index contributed by atoms with van der Waals surface area (Å²) >= 11 is 0. The third kappa shape index (κ3) is 5.13. The highest BCUT2D eigenvalue weighted by Gasteiger charge is 2.17. The summed E-state index contributed by atoms with van der Waals surface area (Å²) in [6.07, 6.45) is 0. The van der Waals surface area contributed by atoms with Crippen molar-refractivity contribution in [2.45, 2.75) is 0 Å². The normalized spacial score (nSPS) is 9.82. The average molecular weight is 387 g/mol. The number of carbonyl (C=O) groups excluding carboxylic acids is 3. The zero-order valence-electron chi connectivity index (χ0n) is 15.7. The first-order valence-corrected chi connectivity index (χ1v) is 8.22. The molecule has 0 heterocycles. The molecule has 3 amide bonds. The molecule has 28 heavy (non-hydrogen) atoms. The molecular weight excluding hydrogens is 366 g/mol. The molecule has 0 aliphatic heterocycles. The zero-order valence-corrected chi connectivity index (χ0v) is 15.7. The van der Waals surface area contributed by atoms with Crippen molar-refractivity contribution in [3.8, 4) is 17.2 Å². The number of methoxy groups -OCH3 is 3. The van der Waals surface area contributed by atoms with Gasteiger partial charge in [0.05, 0.1) is 27.9 Å². The minimum atomic E-state index is -0.595. The van der Waals surface area contributed by atoms with Crippen LogP contribution in [0.15, 0.2) is 42.5 Å². The molecule has 148 valence electrons. The molecule has 9 nitrogen and oxygen atoms in total. The Balaban J connectivity index is 1.92. The number of rotatable bonds is 7. The lowest BCUT2D eigenvalue weighted by Crippen LogP contribution is -2.46. The maximum absolute atomic E-state index is 12.3. The van der Waals surface area contributed by atoms with E-state index >= 15 is 0 Å². The highest BCUT2D eigenvalue weighted by atomic mass is 16.5. The number of nitrogens with one attached hydrogen (secondary N) is 3. The summed E-state index contributed by atoms with van der Waals surface area (Å²) in [5, 5.41) is 2.45. The molecule has 0 spiro atoms. The van der Waals surface area contributed by atoms with Gasteiger partial charge in [-0.1, -0.05) is 18.2 Å². The van der Waals surface area contributed by atoms with E-state index in [2.05, 4.69) is 16.2 Å². The van der Waals surface area contributed by atoms with Crippen LogP contribution in [0.25, 0.3) is 0 Å². The summed E-state index contributed by atoms with van der Waals surface area (Å²) in [5.74, 6) is -0.644. The van der Waals surface area contributed by atoms with Crippen LogP contribution in [0.5, 0.6) is 17.2 Å². The summed E-state index contributed by atoms with van der Waals surface area (Å²) in [6, 6.07) is 11.3. The average Bonchev–Trinajstić information content (AvgIpc) is 2.74. The SMILES string of the molecule is COc1cc(C(=O)NNC(=O)CNC(=O)c2ccccc2)cc(OC)c1OC. The Hall–Kier alpha value is -3.75. The van der Waals surface area contributed by atoms with Gasteiger partial charge in [0.1, 0.15) is 0 Å². The van der Waals surface area contributed by atoms with Crippen LogP contribution in [0.1, 0.15) is 20.7 Å². The van der Waals surface area contributed by atoms with Crippen LogP contribution in [0.2, 0.25) is 0 Å². The van der Waals surface area contributed by atoms with Crippen LogP contribution in [-0.4, -0.2) is 45.6 Å². The van der Waals surface area contributed by atoms with Gasteiger partial charge in [0.2, 0.25) is 5.75 Å². The van der Waals surface area contributed by atoms with Gasteiger partial charge in [-0.2, -0.15) is 0 Å². The van der Waals surface area contributed by atoms with E-state index in [1.807, 2.05) is 0 Å². The second-order valence-electron chi connectivity index (χ2n) is 5.47. The molecule has 0 aromatic heterocycles. The molecule has 0 saturated carbocycles. The maximum Gasteiger partial charge on any atom is 0.269 e. The number of ether oxygens (including phenoxy) is 3. The van der Waals surface area contributed by atoms with Crippen molar-refractivity contribution < 1.29 is 28.6 Å². The third-order valence-corrected chi connectivity index (χ3v) is 3.69. The van der Waals surface area contributed by atoms with Gasteiger partial charge < -0.3 is 19.5 Å². The molecule has 0 radical (unpaired) electrons. The highest BCUT2D eigenvalue weighted by Crippen LogP contribution is 2.38. The Morgan fingerprint density at radius 3 is 1.93 bits per heavy atom. The summed E-state index contributed by atoms with van der Waals surface area (Å²) in [4.78, 5) is 36.0. The highest BCUT2D eigenvalue weighted by molar-refractivity contribution is 5.98. The van der Waals surface area contributed by atoms with Gasteiger partial charge in [0, 0.05) is 11.1 Å². The maximum atomic E-state index is 12.3. The molecule has 3 N–H and O–H groups in total. The number of benzene rings is 2. The summed E-state index contributed by atoms with van der Waals surface area (Å²) < 4.78 is 15.6. The van der Waals surface area contributed by atoms with E-state index in [4.69, 9.17) is 14.2 Å². The molecule has 2 rings (SSSR count). The first-order valence-electron chi connectivity index (χ1n) is 8.22. The van der Waals surface area contributed by atoms with Crippen molar-refractivity contribution in [2.24, 2.45) is 0 Å². The number of hydrazine groups is 1. The molecule has 0 bridgehead atoms. The molecule has 0 aliphatic rings. The minimum Gasteiger partial charge on any atom is -0.493 e. The molecule has 0 unspecified atom stereocenters. The first kappa shape index (κ1) is 20.6. The van der Waals surface area contributed by atoms with Crippen molar-refractivity contribution in [1.82, 2.24) is 16.2 Å². The predicted octanol–water partition coefficient (Wildman–Crippen LogP) is 0.903. The number of amides is 3. The molecule has 0 fully saturated rings. The van der Waals surface area contributed by atoms with E-state index in [9.17, 15) is 14.4 Å². The third-order valence-electron chi connectivity index (χ3n) is 3.69. The Kier molecular flexibility index (Phi) is 7.21. The van der Waals surface area contributed by atoms with Gasteiger partial charge >= 0.3 is 0 Å². The van der Waals surface area contributed by atoms with Gasteiger partial charge in [-0.3, -0.25) is 25.2 Å². The van der Waals surface area contributed by atoms with E-state index in [-0.39, 0.29) is 12.1 Å². The Labute approximate surface area is 161 Å². The summed E-state index contributed by atoms with van der Waals surface area (Å²) in [7, 11) is 4.30. The number of hydrogen-bond donors (Lipinski definition) is 3. The predicted molar refractivity (Wildman–Crippen MR) is 100 cm³/mol. The fraction of sp³-hybridized carbons (Fsp3) is 0.211. The molecular formula is C19H21N3O6. The Morgan fingerprint density at radius 1 is 0.786 bits per heavy atom. The minimum absolute atomic E-state index is 0.183. The van der Waals surface area contributed by atoms with Crippen molar-refractivity contribution in [3.05, 3.63) is 53.6 Å². The Bertz CT molecular complexity index is 829. The number of hydrogen-bond acceptors (Lipinski definition) is 6. The van der Waals surface area contributed by atoms with Crippen LogP contribution < -0.4 is 30.4 Å². The van der Waals surface area contributed by atoms with Crippen LogP contribution in [0, 0.1) is 0 Å². The second kappa shape index (κ2) is 9.81. The molecule has 0 saturated heterocycles. The number of carbonyl (C=O) groups is 3. The largest absolute Gasteiger partial charge is 0.493 e. The van der Waals surface area contributed by atoms with Crippen LogP contribution >= 0.6 is 0 Å². The topological polar surface area (TPSA) is 115 Å². The first-order chi connectivity index (χ1) is 13.5.